The third-order valence-corrected chi connectivity index (χ3v) is 5.30. The summed E-state index contributed by atoms with van der Waals surface area (Å²) in [6.45, 7) is 6.54. The Morgan fingerprint density at radius 1 is 1.12 bits per heavy atom. The van der Waals surface area contributed by atoms with Crippen LogP contribution >= 0.6 is 11.8 Å². The Labute approximate surface area is 153 Å². The van der Waals surface area contributed by atoms with E-state index in [9.17, 15) is 0 Å². The predicted octanol–water partition coefficient (Wildman–Crippen LogP) is 3.42. The monoisotopic (exact) mass is 361 g/mol. The largest absolute Gasteiger partial charge is 0.494 e. The summed E-state index contributed by atoms with van der Waals surface area (Å²) >= 11 is 1.72. The molecular formula is C18H27N5OS. The lowest BCUT2D eigenvalue weighted by atomic mass is 10.1. The Balaban J connectivity index is 1.49. The molecule has 3 rings (SSSR count). The second-order valence-electron chi connectivity index (χ2n) is 6.32. The third kappa shape index (κ3) is 5.44. The first-order chi connectivity index (χ1) is 12.4. The van der Waals surface area contributed by atoms with E-state index >= 15 is 0 Å². The topological polar surface area (TPSA) is 56.1 Å². The highest BCUT2D eigenvalue weighted by atomic mass is 32.2. The van der Waals surface area contributed by atoms with Crippen LogP contribution < -0.4 is 4.74 Å². The highest BCUT2D eigenvalue weighted by Crippen LogP contribution is 2.21. The van der Waals surface area contributed by atoms with E-state index in [1.807, 2.05) is 24.3 Å². The fourth-order valence-corrected chi connectivity index (χ4v) is 3.78. The quantitative estimate of drug-likeness (QED) is 0.504. The van der Waals surface area contributed by atoms with E-state index in [0.717, 1.165) is 35.4 Å². The molecule has 1 aromatic carbocycles. The molecular weight excluding hydrogens is 334 g/mol. The van der Waals surface area contributed by atoms with Crippen molar-refractivity contribution >= 4 is 11.8 Å². The van der Waals surface area contributed by atoms with Gasteiger partial charge in [0.1, 0.15) is 5.75 Å². The van der Waals surface area contributed by atoms with E-state index in [1.54, 1.807) is 16.4 Å². The van der Waals surface area contributed by atoms with Crippen LogP contribution in [0.5, 0.6) is 5.75 Å². The lowest BCUT2D eigenvalue weighted by molar-refractivity contribution is 0.230. The van der Waals surface area contributed by atoms with Crippen LogP contribution in [0.2, 0.25) is 0 Å². The lowest BCUT2D eigenvalue weighted by Gasteiger charge is -2.26. The van der Waals surface area contributed by atoms with Crippen molar-refractivity contribution in [2.24, 2.45) is 0 Å². The second-order valence-corrected chi connectivity index (χ2v) is 7.38. The van der Waals surface area contributed by atoms with Gasteiger partial charge in [0, 0.05) is 5.75 Å². The predicted molar refractivity (Wildman–Crippen MR) is 101 cm³/mol. The average Bonchev–Trinajstić information content (AvgIpc) is 3.13. The number of hydrogen-bond donors (Lipinski definition) is 0. The zero-order valence-electron chi connectivity index (χ0n) is 14.9. The number of piperidine rings is 1. The number of rotatable bonds is 9. The molecule has 2 aromatic rings. The summed E-state index contributed by atoms with van der Waals surface area (Å²) in [5.74, 6) is 1.92. The molecule has 1 aromatic heterocycles. The molecule has 0 unspecified atom stereocenters. The Kier molecular flexibility index (Phi) is 7.11. The summed E-state index contributed by atoms with van der Waals surface area (Å²) in [5, 5.41) is 13.0. The van der Waals surface area contributed by atoms with Crippen molar-refractivity contribution in [3.05, 3.63) is 24.3 Å². The molecule has 0 spiro atoms. The molecule has 136 valence electrons. The van der Waals surface area contributed by atoms with Gasteiger partial charge in [-0.15, -0.1) is 5.10 Å². The van der Waals surface area contributed by atoms with Crippen LogP contribution in [0.4, 0.5) is 0 Å². The van der Waals surface area contributed by atoms with E-state index in [2.05, 4.69) is 27.3 Å². The second kappa shape index (κ2) is 9.77. The fourth-order valence-electron chi connectivity index (χ4n) is 2.97. The summed E-state index contributed by atoms with van der Waals surface area (Å²) in [6, 6.07) is 7.94. The van der Waals surface area contributed by atoms with E-state index in [1.165, 1.54) is 45.3 Å². The molecule has 0 radical (unpaired) electrons. The molecule has 25 heavy (non-hydrogen) atoms. The van der Waals surface area contributed by atoms with Gasteiger partial charge in [0.25, 0.3) is 0 Å². The molecule has 0 aliphatic carbocycles. The van der Waals surface area contributed by atoms with Gasteiger partial charge in [0.2, 0.25) is 5.16 Å². The summed E-state index contributed by atoms with van der Waals surface area (Å²) in [6.07, 6.45) is 6.27. The van der Waals surface area contributed by atoms with Crippen LogP contribution in [0.25, 0.3) is 5.69 Å². The minimum atomic E-state index is 0.738. The van der Waals surface area contributed by atoms with Crippen LogP contribution in [0.1, 0.15) is 39.0 Å². The molecule has 0 atom stereocenters. The molecule has 1 aliphatic heterocycles. The van der Waals surface area contributed by atoms with Gasteiger partial charge < -0.3 is 9.64 Å². The van der Waals surface area contributed by atoms with Gasteiger partial charge in [-0.1, -0.05) is 25.1 Å². The highest BCUT2D eigenvalue weighted by molar-refractivity contribution is 7.99. The highest BCUT2D eigenvalue weighted by Gasteiger charge is 2.11. The van der Waals surface area contributed by atoms with Crippen molar-refractivity contribution in [2.75, 3.05) is 32.0 Å². The Bertz CT molecular complexity index is 625. The standard InChI is InChI=1S/C18H27N5OS/c1-2-14-24-17-9-7-16(8-10-17)23-18(19-20-21-23)25-15-6-13-22-11-4-3-5-12-22/h7-10H,2-6,11-15H2,1H3. The lowest BCUT2D eigenvalue weighted by Crippen LogP contribution is -2.30. The molecule has 0 bridgehead atoms. The minimum Gasteiger partial charge on any atom is -0.494 e. The number of nitrogens with zero attached hydrogens (tertiary/aromatic N) is 5. The molecule has 7 heteroatoms. The Morgan fingerprint density at radius 2 is 1.92 bits per heavy atom. The number of ether oxygens (including phenoxy) is 1. The number of benzene rings is 1. The molecule has 1 fully saturated rings. The minimum absolute atomic E-state index is 0.738. The molecule has 1 saturated heterocycles. The van der Waals surface area contributed by atoms with Crippen LogP contribution in [-0.2, 0) is 0 Å². The molecule has 0 saturated carbocycles. The SMILES string of the molecule is CCCOc1ccc(-n2nnnc2SCCCN2CCCCC2)cc1. The van der Waals surface area contributed by atoms with Crippen molar-refractivity contribution in [1.82, 2.24) is 25.1 Å². The first kappa shape index (κ1) is 18.2. The van der Waals surface area contributed by atoms with E-state index in [0.29, 0.717) is 0 Å². The van der Waals surface area contributed by atoms with Gasteiger partial charge >= 0.3 is 0 Å². The maximum atomic E-state index is 5.62. The summed E-state index contributed by atoms with van der Waals surface area (Å²) in [4.78, 5) is 2.57. The van der Waals surface area contributed by atoms with Gasteiger partial charge in [-0.3, -0.25) is 0 Å². The number of thioether (sulfide) groups is 1. The first-order valence-corrected chi connectivity index (χ1v) is 10.2. The van der Waals surface area contributed by atoms with Crippen molar-refractivity contribution < 1.29 is 4.74 Å². The summed E-state index contributed by atoms with van der Waals surface area (Å²) in [5.41, 5.74) is 0.965. The van der Waals surface area contributed by atoms with Gasteiger partial charge in [-0.2, -0.15) is 4.68 Å². The normalized spacial score (nSPS) is 15.4. The zero-order valence-corrected chi connectivity index (χ0v) is 15.7. The van der Waals surface area contributed by atoms with Crippen LogP contribution in [0, 0.1) is 0 Å². The van der Waals surface area contributed by atoms with Crippen LogP contribution in [0.3, 0.4) is 0 Å². The zero-order chi connectivity index (χ0) is 17.3. The van der Waals surface area contributed by atoms with Gasteiger partial charge in [-0.05, 0) is 80.0 Å². The fraction of sp³-hybridized carbons (Fsp3) is 0.611. The third-order valence-electron chi connectivity index (χ3n) is 4.29. The number of tetrazole rings is 1. The van der Waals surface area contributed by atoms with Gasteiger partial charge in [0.15, 0.2) is 0 Å². The maximum absolute atomic E-state index is 5.62. The van der Waals surface area contributed by atoms with Crippen molar-refractivity contribution in [3.63, 3.8) is 0 Å². The van der Waals surface area contributed by atoms with E-state index < -0.39 is 0 Å². The van der Waals surface area contributed by atoms with Crippen LogP contribution in [0.15, 0.2) is 29.4 Å². The molecule has 6 nitrogen and oxygen atoms in total. The van der Waals surface area contributed by atoms with E-state index in [4.69, 9.17) is 4.74 Å². The smallest absolute Gasteiger partial charge is 0.214 e. The summed E-state index contributed by atoms with van der Waals surface area (Å²) in [7, 11) is 0. The van der Waals surface area contributed by atoms with Crippen molar-refractivity contribution in [1.29, 1.82) is 0 Å². The molecule has 2 heterocycles. The number of aromatic nitrogens is 4. The average molecular weight is 362 g/mol. The van der Waals surface area contributed by atoms with Crippen LogP contribution in [-0.4, -0.2) is 57.1 Å². The Hall–Kier alpha value is -1.60. The molecule has 1 aliphatic rings. The first-order valence-electron chi connectivity index (χ1n) is 9.23. The Morgan fingerprint density at radius 3 is 2.68 bits per heavy atom. The molecule has 0 amide bonds. The van der Waals surface area contributed by atoms with Gasteiger partial charge in [-0.25, -0.2) is 0 Å². The molecule has 0 N–H and O–H groups in total. The van der Waals surface area contributed by atoms with E-state index in [-0.39, 0.29) is 0 Å². The summed E-state index contributed by atoms with van der Waals surface area (Å²) < 4.78 is 7.42. The van der Waals surface area contributed by atoms with Gasteiger partial charge in [0.05, 0.1) is 12.3 Å². The van der Waals surface area contributed by atoms with Crippen molar-refractivity contribution in [2.45, 2.75) is 44.2 Å². The maximum Gasteiger partial charge on any atom is 0.214 e. The van der Waals surface area contributed by atoms with Crippen molar-refractivity contribution in [3.8, 4) is 11.4 Å². The number of likely N-dealkylation sites (tertiary alicyclic amines) is 1. The number of hydrogen-bond acceptors (Lipinski definition) is 6.